The standard InChI is InChI=1S/C23H29FN2O2/c1-4-23(5-2,22(27)28-6-3)26-21-14-13-19(17-9-10-17)20(25-21)15-16-7-11-18(24)12-8-16/h7-8,11-14,17H,4-6,9-10,15H2,1-3H3,(H,25,26). The van der Waals surface area contributed by atoms with Crippen LogP contribution in [0.4, 0.5) is 10.2 Å². The van der Waals surface area contributed by atoms with E-state index in [0.29, 0.717) is 37.6 Å². The van der Waals surface area contributed by atoms with E-state index in [0.717, 1.165) is 11.3 Å². The van der Waals surface area contributed by atoms with Crippen LogP contribution in [-0.2, 0) is 16.0 Å². The number of ether oxygens (including phenoxy) is 1. The number of carbonyl (C=O) groups excluding carboxylic acids is 1. The molecular weight excluding hydrogens is 355 g/mol. The Hall–Kier alpha value is -2.43. The molecule has 0 amide bonds. The molecule has 1 heterocycles. The van der Waals surface area contributed by atoms with Gasteiger partial charge >= 0.3 is 5.97 Å². The van der Waals surface area contributed by atoms with Gasteiger partial charge in [0, 0.05) is 6.42 Å². The molecule has 28 heavy (non-hydrogen) atoms. The molecule has 0 radical (unpaired) electrons. The van der Waals surface area contributed by atoms with Crippen molar-refractivity contribution in [3.05, 3.63) is 59.0 Å². The number of esters is 1. The number of benzene rings is 1. The van der Waals surface area contributed by atoms with Gasteiger partial charge in [0.2, 0.25) is 0 Å². The third-order valence-electron chi connectivity index (χ3n) is 5.55. The Morgan fingerprint density at radius 3 is 2.39 bits per heavy atom. The number of halogens is 1. The largest absolute Gasteiger partial charge is 0.464 e. The van der Waals surface area contributed by atoms with Crippen molar-refractivity contribution < 1.29 is 13.9 Å². The van der Waals surface area contributed by atoms with Gasteiger partial charge in [-0.1, -0.05) is 32.0 Å². The Morgan fingerprint density at radius 1 is 1.14 bits per heavy atom. The number of rotatable bonds is 9. The Balaban J connectivity index is 1.89. The summed E-state index contributed by atoms with van der Waals surface area (Å²) < 4.78 is 18.5. The molecule has 4 nitrogen and oxygen atoms in total. The van der Waals surface area contributed by atoms with Crippen LogP contribution >= 0.6 is 0 Å². The van der Waals surface area contributed by atoms with Gasteiger partial charge in [-0.2, -0.15) is 0 Å². The van der Waals surface area contributed by atoms with Gasteiger partial charge in [-0.05, 0) is 67.9 Å². The lowest BCUT2D eigenvalue weighted by Gasteiger charge is -2.31. The quantitative estimate of drug-likeness (QED) is 0.602. The normalized spacial score (nSPS) is 14.0. The maximum absolute atomic E-state index is 13.2. The van der Waals surface area contributed by atoms with Crippen LogP contribution in [0.1, 0.15) is 69.2 Å². The van der Waals surface area contributed by atoms with Gasteiger partial charge in [-0.25, -0.2) is 14.2 Å². The van der Waals surface area contributed by atoms with E-state index in [1.54, 1.807) is 12.1 Å². The van der Waals surface area contributed by atoms with Gasteiger partial charge in [-0.3, -0.25) is 0 Å². The topological polar surface area (TPSA) is 51.2 Å². The van der Waals surface area contributed by atoms with Gasteiger partial charge in [0.15, 0.2) is 0 Å². The monoisotopic (exact) mass is 384 g/mol. The fourth-order valence-corrected chi connectivity index (χ4v) is 3.57. The van der Waals surface area contributed by atoms with Gasteiger partial charge < -0.3 is 10.1 Å². The molecule has 0 bridgehead atoms. The van der Waals surface area contributed by atoms with E-state index in [1.807, 2.05) is 26.8 Å². The van der Waals surface area contributed by atoms with Crippen LogP contribution < -0.4 is 5.32 Å². The SMILES string of the molecule is CCOC(=O)C(CC)(CC)Nc1ccc(C2CC2)c(Cc2ccc(F)cc2)n1. The van der Waals surface area contributed by atoms with Crippen LogP contribution in [0.2, 0.25) is 0 Å². The molecule has 1 aliphatic carbocycles. The molecule has 0 unspecified atom stereocenters. The number of carbonyl (C=O) groups is 1. The zero-order valence-electron chi connectivity index (χ0n) is 16.9. The summed E-state index contributed by atoms with van der Waals surface area (Å²) >= 11 is 0. The zero-order chi connectivity index (χ0) is 20.1. The van der Waals surface area contributed by atoms with Gasteiger partial charge in [0.1, 0.15) is 17.2 Å². The highest BCUT2D eigenvalue weighted by Crippen LogP contribution is 2.42. The summed E-state index contributed by atoms with van der Waals surface area (Å²) in [5.41, 5.74) is 2.49. The highest BCUT2D eigenvalue weighted by Gasteiger charge is 2.37. The van der Waals surface area contributed by atoms with Crippen molar-refractivity contribution in [2.45, 2.75) is 64.3 Å². The van der Waals surface area contributed by atoms with E-state index >= 15 is 0 Å². The third-order valence-corrected chi connectivity index (χ3v) is 5.55. The molecule has 5 heteroatoms. The molecular formula is C23H29FN2O2. The van der Waals surface area contributed by atoms with Crippen LogP contribution in [0.3, 0.4) is 0 Å². The molecule has 1 N–H and O–H groups in total. The predicted octanol–water partition coefficient (Wildman–Crippen LogP) is 5.22. The third kappa shape index (κ3) is 4.51. The first kappa shape index (κ1) is 20.3. The lowest BCUT2D eigenvalue weighted by molar-refractivity contribution is -0.148. The van der Waals surface area contributed by atoms with Crippen molar-refractivity contribution in [1.82, 2.24) is 4.98 Å². The number of hydrogen-bond donors (Lipinski definition) is 1. The molecule has 0 saturated heterocycles. The van der Waals surface area contributed by atoms with E-state index in [-0.39, 0.29) is 11.8 Å². The summed E-state index contributed by atoms with van der Waals surface area (Å²) in [6.45, 7) is 6.13. The van der Waals surface area contributed by atoms with Crippen molar-refractivity contribution >= 4 is 11.8 Å². The first-order valence-electron chi connectivity index (χ1n) is 10.2. The minimum atomic E-state index is -0.781. The maximum atomic E-state index is 13.2. The highest BCUT2D eigenvalue weighted by molar-refractivity contribution is 5.84. The number of nitrogens with zero attached hydrogens (tertiary/aromatic N) is 1. The Bertz CT molecular complexity index is 812. The average Bonchev–Trinajstić information content (AvgIpc) is 3.53. The summed E-state index contributed by atoms with van der Waals surface area (Å²) in [5.74, 6) is 0.759. The minimum absolute atomic E-state index is 0.236. The first-order valence-corrected chi connectivity index (χ1v) is 10.2. The molecule has 1 aliphatic rings. The van der Waals surface area contributed by atoms with E-state index in [9.17, 15) is 9.18 Å². The molecule has 2 aromatic rings. The molecule has 3 rings (SSSR count). The zero-order valence-corrected chi connectivity index (χ0v) is 16.9. The molecule has 0 aliphatic heterocycles. The average molecular weight is 384 g/mol. The molecule has 1 saturated carbocycles. The Morgan fingerprint density at radius 2 is 1.82 bits per heavy atom. The predicted molar refractivity (Wildman–Crippen MR) is 109 cm³/mol. The van der Waals surface area contributed by atoms with Crippen LogP contribution in [0.15, 0.2) is 36.4 Å². The number of anilines is 1. The second-order valence-corrected chi connectivity index (χ2v) is 7.44. The summed E-state index contributed by atoms with van der Waals surface area (Å²) in [4.78, 5) is 17.4. The van der Waals surface area contributed by atoms with E-state index in [1.165, 1.54) is 30.5 Å². The van der Waals surface area contributed by atoms with Crippen LogP contribution in [0.5, 0.6) is 0 Å². The lowest BCUT2D eigenvalue weighted by Crippen LogP contribution is -2.46. The Labute approximate surface area is 166 Å². The van der Waals surface area contributed by atoms with E-state index in [4.69, 9.17) is 9.72 Å². The van der Waals surface area contributed by atoms with Crippen LogP contribution in [0.25, 0.3) is 0 Å². The second-order valence-electron chi connectivity index (χ2n) is 7.44. The fraction of sp³-hybridized carbons (Fsp3) is 0.478. The fourth-order valence-electron chi connectivity index (χ4n) is 3.57. The van der Waals surface area contributed by atoms with Crippen molar-refractivity contribution in [2.24, 2.45) is 0 Å². The number of nitrogens with one attached hydrogen (secondary N) is 1. The minimum Gasteiger partial charge on any atom is -0.464 e. The molecule has 1 aromatic carbocycles. The van der Waals surface area contributed by atoms with E-state index < -0.39 is 5.54 Å². The summed E-state index contributed by atoms with van der Waals surface area (Å²) in [7, 11) is 0. The second kappa shape index (κ2) is 8.72. The smallest absolute Gasteiger partial charge is 0.331 e. The van der Waals surface area contributed by atoms with Crippen molar-refractivity contribution in [2.75, 3.05) is 11.9 Å². The molecule has 150 valence electrons. The summed E-state index contributed by atoms with van der Waals surface area (Å²) in [6, 6.07) is 10.6. The van der Waals surface area contributed by atoms with Crippen molar-refractivity contribution in [3.63, 3.8) is 0 Å². The van der Waals surface area contributed by atoms with Gasteiger partial charge in [-0.15, -0.1) is 0 Å². The highest BCUT2D eigenvalue weighted by atomic mass is 19.1. The summed E-state index contributed by atoms with van der Waals surface area (Å²) in [6.07, 6.45) is 4.23. The van der Waals surface area contributed by atoms with Crippen molar-refractivity contribution in [1.29, 1.82) is 0 Å². The number of pyridine rings is 1. The van der Waals surface area contributed by atoms with Crippen LogP contribution in [-0.4, -0.2) is 23.1 Å². The number of hydrogen-bond acceptors (Lipinski definition) is 4. The number of aromatic nitrogens is 1. The molecule has 0 atom stereocenters. The molecule has 0 spiro atoms. The first-order chi connectivity index (χ1) is 13.5. The van der Waals surface area contributed by atoms with Gasteiger partial charge in [0.25, 0.3) is 0 Å². The maximum Gasteiger partial charge on any atom is 0.331 e. The molecule has 1 fully saturated rings. The Kier molecular flexibility index (Phi) is 6.32. The van der Waals surface area contributed by atoms with Gasteiger partial charge in [0.05, 0.1) is 12.3 Å². The van der Waals surface area contributed by atoms with Crippen molar-refractivity contribution in [3.8, 4) is 0 Å². The van der Waals surface area contributed by atoms with Crippen LogP contribution in [0, 0.1) is 5.82 Å². The molecule has 1 aromatic heterocycles. The lowest BCUT2D eigenvalue weighted by atomic mass is 9.92. The van der Waals surface area contributed by atoms with E-state index in [2.05, 4.69) is 11.4 Å². The summed E-state index contributed by atoms with van der Waals surface area (Å²) in [5, 5.41) is 3.35.